The van der Waals surface area contributed by atoms with Crippen LogP contribution in [0.5, 0.6) is 0 Å². The van der Waals surface area contributed by atoms with Gasteiger partial charge >= 0.3 is 0 Å². The van der Waals surface area contributed by atoms with Crippen molar-refractivity contribution < 1.29 is 4.79 Å². The molecule has 3 rings (SSSR count). The number of carbonyl (C=O) groups excluding carboxylic acids is 1. The van der Waals surface area contributed by atoms with Crippen LogP contribution in [-0.4, -0.2) is 23.4 Å². The number of rotatable bonds is 1. The third-order valence-corrected chi connectivity index (χ3v) is 6.87. The molecule has 2 bridgehead atoms. The molecule has 1 aliphatic heterocycles. The second-order valence-corrected chi connectivity index (χ2v) is 10.1. The van der Waals surface area contributed by atoms with Crippen molar-refractivity contribution in [1.82, 2.24) is 4.90 Å². The molecular formula is C16H22BrNOS. The molecule has 0 N–H and O–H groups in total. The minimum atomic E-state index is 0.232. The highest BCUT2D eigenvalue weighted by Gasteiger charge is 2.51. The minimum Gasteiger partial charge on any atom is -0.334 e. The zero-order chi connectivity index (χ0) is 14.7. The molecule has 2 heterocycles. The fraction of sp³-hybridized carbons (Fsp3) is 0.688. The maximum Gasteiger partial charge on any atom is 0.264 e. The Kier molecular flexibility index (Phi) is 3.33. The molecule has 0 spiro atoms. The van der Waals surface area contributed by atoms with Gasteiger partial charge in [0.25, 0.3) is 5.91 Å². The van der Waals surface area contributed by atoms with E-state index in [-0.39, 0.29) is 5.91 Å². The average molecular weight is 356 g/mol. The Labute approximate surface area is 133 Å². The number of hydrogen-bond acceptors (Lipinski definition) is 2. The first-order valence-corrected chi connectivity index (χ1v) is 8.87. The molecular weight excluding hydrogens is 334 g/mol. The van der Waals surface area contributed by atoms with Gasteiger partial charge in [0.05, 0.1) is 8.66 Å². The summed E-state index contributed by atoms with van der Waals surface area (Å²) in [6, 6.07) is 2.45. The molecule has 1 aromatic heterocycles. The fourth-order valence-electron chi connectivity index (χ4n) is 4.40. The summed E-state index contributed by atoms with van der Waals surface area (Å²) in [6.45, 7) is 10.0. The molecule has 20 heavy (non-hydrogen) atoms. The van der Waals surface area contributed by atoms with Crippen molar-refractivity contribution in [2.45, 2.75) is 53.0 Å². The topological polar surface area (TPSA) is 20.3 Å². The lowest BCUT2D eigenvalue weighted by Gasteiger charge is -2.39. The van der Waals surface area contributed by atoms with Crippen LogP contribution in [0.25, 0.3) is 0 Å². The van der Waals surface area contributed by atoms with Gasteiger partial charge in [-0.05, 0) is 64.6 Å². The van der Waals surface area contributed by atoms with Crippen molar-refractivity contribution in [3.8, 4) is 0 Å². The van der Waals surface area contributed by atoms with Crippen LogP contribution in [0.3, 0.4) is 0 Å². The molecule has 1 saturated heterocycles. The third-order valence-electron chi connectivity index (χ3n) is 4.74. The molecule has 1 aromatic rings. The van der Waals surface area contributed by atoms with E-state index in [1.807, 2.05) is 13.0 Å². The lowest BCUT2D eigenvalue weighted by Crippen LogP contribution is -2.37. The largest absolute Gasteiger partial charge is 0.334 e. The lowest BCUT2D eigenvalue weighted by molar-refractivity contribution is 0.0713. The molecule has 0 radical (unpaired) electrons. The van der Waals surface area contributed by atoms with E-state index in [1.165, 1.54) is 12.8 Å². The van der Waals surface area contributed by atoms with E-state index in [9.17, 15) is 4.79 Å². The Morgan fingerprint density at radius 1 is 1.40 bits per heavy atom. The van der Waals surface area contributed by atoms with Gasteiger partial charge in [0, 0.05) is 12.6 Å². The van der Waals surface area contributed by atoms with E-state index in [0.717, 1.165) is 27.2 Å². The summed E-state index contributed by atoms with van der Waals surface area (Å²) in [5, 5.41) is 0. The van der Waals surface area contributed by atoms with Gasteiger partial charge in [0.2, 0.25) is 0 Å². The van der Waals surface area contributed by atoms with Crippen LogP contribution in [-0.2, 0) is 0 Å². The van der Waals surface area contributed by atoms with E-state index >= 15 is 0 Å². The quantitative estimate of drug-likeness (QED) is 0.704. The zero-order valence-corrected chi connectivity index (χ0v) is 15.0. The van der Waals surface area contributed by atoms with E-state index in [2.05, 4.69) is 41.6 Å². The van der Waals surface area contributed by atoms with Crippen LogP contribution in [0.2, 0.25) is 0 Å². The molecule has 2 atom stereocenters. The smallest absolute Gasteiger partial charge is 0.264 e. The van der Waals surface area contributed by atoms with Gasteiger partial charge < -0.3 is 4.90 Å². The van der Waals surface area contributed by atoms with Gasteiger partial charge in [-0.3, -0.25) is 4.79 Å². The first-order chi connectivity index (χ1) is 9.19. The number of fused-ring (bicyclic) bond motifs is 2. The van der Waals surface area contributed by atoms with Crippen LogP contribution in [0.1, 0.15) is 55.3 Å². The molecule has 110 valence electrons. The summed E-state index contributed by atoms with van der Waals surface area (Å²) in [5.41, 5.74) is 1.83. The summed E-state index contributed by atoms with van der Waals surface area (Å²) >= 11 is 5.09. The number of carbonyl (C=O) groups is 1. The van der Waals surface area contributed by atoms with Crippen LogP contribution in [0.15, 0.2) is 9.85 Å². The van der Waals surface area contributed by atoms with Crippen LogP contribution >= 0.6 is 27.3 Å². The van der Waals surface area contributed by atoms with Gasteiger partial charge in [-0.25, -0.2) is 0 Å². The molecule has 1 saturated carbocycles. The number of thiophene rings is 1. The Morgan fingerprint density at radius 2 is 2.10 bits per heavy atom. The number of halogens is 1. The zero-order valence-electron chi connectivity index (χ0n) is 12.6. The molecule has 2 nitrogen and oxygen atoms in total. The number of aryl methyl sites for hydroxylation is 1. The predicted molar refractivity (Wildman–Crippen MR) is 87.3 cm³/mol. The minimum absolute atomic E-state index is 0.232. The van der Waals surface area contributed by atoms with Crippen LogP contribution in [0.4, 0.5) is 0 Å². The van der Waals surface area contributed by atoms with E-state index in [4.69, 9.17) is 0 Å². The summed E-state index contributed by atoms with van der Waals surface area (Å²) in [4.78, 5) is 15.8. The van der Waals surface area contributed by atoms with Crippen molar-refractivity contribution in [3.05, 3.63) is 20.3 Å². The van der Waals surface area contributed by atoms with Crippen molar-refractivity contribution in [2.24, 2.45) is 10.8 Å². The second-order valence-electron chi connectivity index (χ2n) is 7.71. The average Bonchev–Trinajstić information content (AvgIpc) is 2.75. The van der Waals surface area contributed by atoms with Gasteiger partial charge in [0.1, 0.15) is 0 Å². The maximum absolute atomic E-state index is 12.8. The predicted octanol–water partition coefficient (Wildman–Crippen LogP) is 4.86. The molecule has 2 unspecified atom stereocenters. The van der Waals surface area contributed by atoms with Crippen LogP contribution in [0, 0.1) is 17.8 Å². The first kappa shape index (κ1) is 14.6. The van der Waals surface area contributed by atoms with E-state index in [0.29, 0.717) is 16.9 Å². The van der Waals surface area contributed by atoms with E-state index < -0.39 is 0 Å². The highest BCUT2D eigenvalue weighted by Crippen LogP contribution is 2.52. The molecule has 0 aromatic carbocycles. The van der Waals surface area contributed by atoms with Crippen molar-refractivity contribution in [3.63, 3.8) is 0 Å². The maximum atomic E-state index is 12.8. The van der Waals surface area contributed by atoms with Gasteiger partial charge in [-0.1, -0.05) is 20.8 Å². The van der Waals surface area contributed by atoms with Crippen LogP contribution < -0.4 is 0 Å². The number of hydrogen-bond donors (Lipinski definition) is 0. The van der Waals surface area contributed by atoms with Gasteiger partial charge in [-0.15, -0.1) is 11.3 Å². The molecule has 1 amide bonds. The Hall–Kier alpha value is -0.350. The summed E-state index contributed by atoms with van der Waals surface area (Å²) in [5.74, 6) is 0.232. The molecule has 1 aliphatic carbocycles. The highest BCUT2D eigenvalue weighted by atomic mass is 79.9. The Bertz CT molecular complexity index is 545. The normalized spacial score (nSPS) is 31.6. The SMILES string of the molecule is Cc1cc(C(=O)N2CC3(C)CC2CC(C)(C)C3)sc1Br. The van der Waals surface area contributed by atoms with E-state index in [1.54, 1.807) is 11.3 Å². The summed E-state index contributed by atoms with van der Waals surface area (Å²) in [7, 11) is 0. The van der Waals surface area contributed by atoms with Gasteiger partial charge in [-0.2, -0.15) is 0 Å². The lowest BCUT2D eigenvalue weighted by atomic mass is 9.65. The number of amides is 1. The first-order valence-electron chi connectivity index (χ1n) is 7.26. The third kappa shape index (κ3) is 2.45. The molecule has 2 fully saturated rings. The number of nitrogens with zero attached hydrogens (tertiary/aromatic N) is 1. The fourth-order valence-corrected chi connectivity index (χ4v) is 5.90. The number of likely N-dealkylation sites (tertiary alicyclic amines) is 1. The second kappa shape index (κ2) is 4.57. The van der Waals surface area contributed by atoms with Gasteiger partial charge in [0.15, 0.2) is 0 Å². The Morgan fingerprint density at radius 3 is 2.70 bits per heavy atom. The Balaban J connectivity index is 1.87. The summed E-state index contributed by atoms with van der Waals surface area (Å²) in [6.07, 6.45) is 3.54. The van der Waals surface area contributed by atoms with Crippen molar-refractivity contribution >= 4 is 33.2 Å². The van der Waals surface area contributed by atoms with Crippen molar-refractivity contribution in [1.29, 1.82) is 0 Å². The highest BCUT2D eigenvalue weighted by molar-refractivity contribution is 9.11. The van der Waals surface area contributed by atoms with Crippen molar-refractivity contribution in [2.75, 3.05) is 6.54 Å². The molecule has 2 aliphatic rings. The standard InChI is InChI=1S/C16H22BrNOS/c1-10-5-12(20-13(10)17)14(19)18-9-16(4)7-11(18)6-15(2,3)8-16/h5,11H,6-9H2,1-4H3. The monoisotopic (exact) mass is 355 g/mol. The molecule has 4 heteroatoms. The summed E-state index contributed by atoms with van der Waals surface area (Å²) < 4.78 is 1.08.